The zero-order chi connectivity index (χ0) is 19.5. The second-order valence-corrected chi connectivity index (χ2v) is 6.86. The first kappa shape index (κ1) is 21.3. The van der Waals surface area contributed by atoms with E-state index in [9.17, 15) is 0 Å². The van der Waals surface area contributed by atoms with Crippen molar-refractivity contribution >= 4 is 5.96 Å². The molecule has 0 amide bonds. The molecule has 152 valence electrons. The minimum absolute atomic E-state index is 0.756. The zero-order valence-corrected chi connectivity index (χ0v) is 17.3. The van der Waals surface area contributed by atoms with Gasteiger partial charge in [-0.15, -0.1) is 0 Å². The highest BCUT2D eigenvalue weighted by molar-refractivity contribution is 5.79. The molecule has 1 fully saturated rings. The van der Waals surface area contributed by atoms with E-state index >= 15 is 0 Å². The van der Waals surface area contributed by atoms with Gasteiger partial charge in [-0.3, -0.25) is 4.99 Å². The topological polar surface area (TPSA) is 61.4 Å². The van der Waals surface area contributed by atoms with Gasteiger partial charge in [0.25, 0.3) is 0 Å². The lowest BCUT2D eigenvalue weighted by Gasteiger charge is -2.21. The molecule has 1 saturated heterocycles. The SMILES string of the molecule is CN=C(NCCc1ccc(OC)c(OC)c1)NCCN1CCCN(C)CC1. The van der Waals surface area contributed by atoms with E-state index < -0.39 is 0 Å². The van der Waals surface area contributed by atoms with Crippen LogP contribution in [0.25, 0.3) is 0 Å². The van der Waals surface area contributed by atoms with Crippen LogP contribution in [0.4, 0.5) is 0 Å². The Kier molecular flexibility index (Phi) is 9.21. The second kappa shape index (κ2) is 11.7. The molecular formula is C20H35N5O2. The summed E-state index contributed by atoms with van der Waals surface area (Å²) in [5, 5.41) is 6.80. The zero-order valence-electron chi connectivity index (χ0n) is 17.3. The highest BCUT2D eigenvalue weighted by atomic mass is 16.5. The largest absolute Gasteiger partial charge is 0.493 e. The third kappa shape index (κ3) is 7.27. The number of hydrogen-bond acceptors (Lipinski definition) is 5. The number of likely N-dealkylation sites (N-methyl/N-ethyl adjacent to an activating group) is 1. The van der Waals surface area contributed by atoms with E-state index in [2.05, 4.69) is 38.5 Å². The van der Waals surface area contributed by atoms with Crippen LogP contribution >= 0.6 is 0 Å². The fourth-order valence-corrected chi connectivity index (χ4v) is 3.24. The van der Waals surface area contributed by atoms with E-state index in [1.807, 2.05) is 19.2 Å². The first-order chi connectivity index (χ1) is 13.2. The Morgan fingerprint density at radius 2 is 1.81 bits per heavy atom. The normalized spacial score (nSPS) is 16.7. The molecular weight excluding hydrogens is 342 g/mol. The first-order valence-corrected chi connectivity index (χ1v) is 9.72. The Morgan fingerprint density at radius 3 is 2.56 bits per heavy atom. The summed E-state index contributed by atoms with van der Waals surface area (Å²) in [6, 6.07) is 6.03. The number of methoxy groups -OCH3 is 2. The van der Waals surface area contributed by atoms with Crippen molar-refractivity contribution in [3.05, 3.63) is 23.8 Å². The molecule has 1 aromatic rings. The Balaban J connectivity index is 1.69. The standard InChI is InChI=1S/C20H35N5O2/c1-21-20(23-10-13-25-12-5-11-24(2)14-15-25)22-9-8-17-6-7-18(26-3)19(16-17)27-4/h6-7,16H,5,8-15H2,1-4H3,(H2,21,22,23). The van der Waals surface area contributed by atoms with Gasteiger partial charge in [0.15, 0.2) is 17.5 Å². The molecule has 0 radical (unpaired) electrons. The number of hydrogen-bond donors (Lipinski definition) is 2. The van der Waals surface area contributed by atoms with Crippen LogP contribution in [0.3, 0.4) is 0 Å². The molecule has 2 N–H and O–H groups in total. The van der Waals surface area contributed by atoms with E-state index in [1.54, 1.807) is 14.2 Å². The van der Waals surface area contributed by atoms with E-state index in [-0.39, 0.29) is 0 Å². The number of guanidine groups is 1. The van der Waals surface area contributed by atoms with Gasteiger partial charge in [-0.05, 0) is 50.7 Å². The molecule has 0 aliphatic carbocycles. The average molecular weight is 378 g/mol. The molecule has 2 rings (SSSR count). The van der Waals surface area contributed by atoms with E-state index in [0.717, 1.165) is 56.6 Å². The molecule has 7 nitrogen and oxygen atoms in total. The summed E-state index contributed by atoms with van der Waals surface area (Å²) in [4.78, 5) is 9.24. The van der Waals surface area contributed by atoms with Crippen LogP contribution in [0.15, 0.2) is 23.2 Å². The first-order valence-electron chi connectivity index (χ1n) is 9.72. The number of ether oxygens (including phenoxy) is 2. The van der Waals surface area contributed by atoms with Gasteiger partial charge in [0, 0.05) is 39.8 Å². The van der Waals surface area contributed by atoms with E-state index in [0.29, 0.717) is 0 Å². The van der Waals surface area contributed by atoms with Crippen LogP contribution in [0.2, 0.25) is 0 Å². The molecule has 27 heavy (non-hydrogen) atoms. The highest BCUT2D eigenvalue weighted by Gasteiger charge is 2.11. The van der Waals surface area contributed by atoms with E-state index in [4.69, 9.17) is 9.47 Å². The summed E-state index contributed by atoms with van der Waals surface area (Å²) >= 11 is 0. The third-order valence-corrected chi connectivity index (χ3v) is 4.91. The summed E-state index contributed by atoms with van der Waals surface area (Å²) in [5.41, 5.74) is 1.20. The third-order valence-electron chi connectivity index (χ3n) is 4.91. The average Bonchev–Trinajstić information content (AvgIpc) is 2.90. The van der Waals surface area contributed by atoms with Crippen LogP contribution < -0.4 is 20.1 Å². The minimum atomic E-state index is 0.756. The molecule has 1 aliphatic heterocycles. The van der Waals surface area contributed by atoms with E-state index in [1.165, 1.54) is 25.1 Å². The lowest BCUT2D eigenvalue weighted by molar-refractivity contribution is 0.280. The number of nitrogens with one attached hydrogen (secondary N) is 2. The molecule has 1 aromatic carbocycles. The molecule has 0 atom stereocenters. The predicted octanol–water partition coefficient (Wildman–Crippen LogP) is 1.05. The van der Waals surface area contributed by atoms with Gasteiger partial charge in [0.05, 0.1) is 14.2 Å². The predicted molar refractivity (Wildman–Crippen MR) is 111 cm³/mol. The number of rotatable bonds is 8. The van der Waals surface area contributed by atoms with Crippen LogP contribution in [-0.2, 0) is 6.42 Å². The Bertz CT molecular complexity index is 594. The number of benzene rings is 1. The molecule has 0 saturated carbocycles. The fourth-order valence-electron chi connectivity index (χ4n) is 3.24. The van der Waals surface area contributed by atoms with Crippen molar-refractivity contribution < 1.29 is 9.47 Å². The maximum Gasteiger partial charge on any atom is 0.191 e. The summed E-state index contributed by atoms with van der Waals surface area (Å²) in [7, 11) is 7.32. The van der Waals surface area contributed by atoms with Crippen molar-refractivity contribution in [1.82, 2.24) is 20.4 Å². The number of nitrogens with zero attached hydrogens (tertiary/aromatic N) is 3. The van der Waals surface area contributed by atoms with Gasteiger partial charge >= 0.3 is 0 Å². The van der Waals surface area contributed by atoms with Gasteiger partial charge in [0.2, 0.25) is 0 Å². The molecule has 7 heteroatoms. The number of aliphatic imine (C=N–C) groups is 1. The van der Waals surface area contributed by atoms with Crippen LogP contribution in [-0.4, -0.2) is 89.9 Å². The summed E-state index contributed by atoms with van der Waals surface area (Å²) in [6.45, 7) is 7.43. The molecule has 1 aliphatic rings. The maximum absolute atomic E-state index is 5.36. The van der Waals surface area contributed by atoms with Gasteiger partial charge in [-0.2, -0.15) is 0 Å². The summed E-state index contributed by atoms with van der Waals surface area (Å²) in [6.07, 6.45) is 2.13. The molecule has 0 bridgehead atoms. The van der Waals surface area contributed by atoms with Crippen molar-refractivity contribution in [3.8, 4) is 11.5 Å². The van der Waals surface area contributed by atoms with Gasteiger partial charge in [-0.1, -0.05) is 6.07 Å². The van der Waals surface area contributed by atoms with Crippen molar-refractivity contribution in [1.29, 1.82) is 0 Å². The second-order valence-electron chi connectivity index (χ2n) is 6.86. The lowest BCUT2D eigenvalue weighted by atomic mass is 10.1. The molecule has 0 aromatic heterocycles. The molecule has 0 spiro atoms. The Labute approximate surface area is 163 Å². The smallest absolute Gasteiger partial charge is 0.191 e. The van der Waals surface area contributed by atoms with Crippen molar-refractivity contribution in [2.75, 3.05) is 74.1 Å². The van der Waals surface area contributed by atoms with Crippen LogP contribution in [0, 0.1) is 0 Å². The summed E-state index contributed by atoms with van der Waals surface area (Å²) in [5.74, 6) is 2.37. The monoisotopic (exact) mass is 377 g/mol. The highest BCUT2D eigenvalue weighted by Crippen LogP contribution is 2.27. The van der Waals surface area contributed by atoms with Gasteiger partial charge in [0.1, 0.15) is 0 Å². The maximum atomic E-state index is 5.36. The van der Waals surface area contributed by atoms with Crippen molar-refractivity contribution in [2.24, 2.45) is 4.99 Å². The summed E-state index contributed by atoms with van der Waals surface area (Å²) < 4.78 is 10.6. The fraction of sp³-hybridized carbons (Fsp3) is 0.650. The Hall–Kier alpha value is -1.99. The molecule has 1 heterocycles. The lowest BCUT2D eigenvalue weighted by Crippen LogP contribution is -2.42. The Morgan fingerprint density at radius 1 is 1.04 bits per heavy atom. The molecule has 0 unspecified atom stereocenters. The van der Waals surface area contributed by atoms with Gasteiger partial charge < -0.3 is 29.9 Å². The van der Waals surface area contributed by atoms with Crippen molar-refractivity contribution in [2.45, 2.75) is 12.8 Å². The van der Waals surface area contributed by atoms with Crippen molar-refractivity contribution in [3.63, 3.8) is 0 Å². The van der Waals surface area contributed by atoms with Gasteiger partial charge in [-0.25, -0.2) is 0 Å². The quantitative estimate of drug-likeness (QED) is 0.522. The minimum Gasteiger partial charge on any atom is -0.493 e. The van der Waals surface area contributed by atoms with Crippen LogP contribution in [0.1, 0.15) is 12.0 Å². The van der Waals surface area contributed by atoms with Crippen LogP contribution in [0.5, 0.6) is 11.5 Å².